The number of methoxy groups -OCH3 is 1. The van der Waals surface area contributed by atoms with E-state index in [2.05, 4.69) is 4.99 Å². The van der Waals surface area contributed by atoms with Crippen LogP contribution in [0.5, 0.6) is 5.75 Å². The smallest absolute Gasteiger partial charge is 0.338 e. The van der Waals surface area contributed by atoms with Gasteiger partial charge in [0.05, 0.1) is 35.6 Å². The van der Waals surface area contributed by atoms with Crippen LogP contribution in [0.2, 0.25) is 0 Å². The maximum atomic E-state index is 13.7. The molecule has 4 rings (SSSR count). The highest BCUT2D eigenvalue weighted by Gasteiger charge is 2.33. The molecule has 1 aliphatic heterocycles. The normalized spacial score (nSPS) is 15.7. The molecule has 34 heavy (non-hydrogen) atoms. The van der Waals surface area contributed by atoms with Crippen molar-refractivity contribution in [1.29, 1.82) is 0 Å². The van der Waals surface area contributed by atoms with Crippen LogP contribution in [0, 0.1) is 6.92 Å². The molecular weight excluding hydrogens is 468 g/mol. The third kappa shape index (κ3) is 4.48. The third-order valence-electron chi connectivity index (χ3n) is 5.68. The molecule has 8 heteroatoms. The second-order valence-corrected chi connectivity index (χ2v) is 9.69. The Hall–Kier alpha value is -3.10. The maximum Gasteiger partial charge on any atom is 0.338 e. The molecule has 0 N–H and O–H groups in total. The number of nitrogens with zero attached hydrogens (tertiary/aromatic N) is 2. The molecular formula is C26H26N2O4S2. The lowest BCUT2D eigenvalue weighted by Gasteiger charge is -2.24. The number of benzene rings is 2. The van der Waals surface area contributed by atoms with Gasteiger partial charge in [-0.05, 0) is 68.0 Å². The second kappa shape index (κ2) is 10.0. The number of rotatable bonds is 6. The van der Waals surface area contributed by atoms with Crippen molar-refractivity contribution in [2.24, 2.45) is 4.99 Å². The van der Waals surface area contributed by atoms with E-state index in [1.165, 1.54) is 11.3 Å². The second-order valence-electron chi connectivity index (χ2n) is 7.80. The highest BCUT2D eigenvalue weighted by molar-refractivity contribution is 7.98. The van der Waals surface area contributed by atoms with E-state index in [0.29, 0.717) is 20.6 Å². The molecule has 0 unspecified atom stereocenters. The molecule has 0 bridgehead atoms. The summed E-state index contributed by atoms with van der Waals surface area (Å²) in [4.78, 5) is 32.9. The molecule has 0 saturated heterocycles. The molecule has 2 aromatic carbocycles. The predicted molar refractivity (Wildman–Crippen MR) is 136 cm³/mol. The zero-order chi connectivity index (χ0) is 24.4. The van der Waals surface area contributed by atoms with Gasteiger partial charge in [-0.1, -0.05) is 35.6 Å². The van der Waals surface area contributed by atoms with Gasteiger partial charge in [-0.2, -0.15) is 0 Å². The monoisotopic (exact) mass is 494 g/mol. The number of fused-ring (bicyclic) bond motifs is 1. The Kier molecular flexibility index (Phi) is 7.09. The molecule has 1 aliphatic rings. The quantitative estimate of drug-likeness (QED) is 0.385. The van der Waals surface area contributed by atoms with Crippen LogP contribution < -0.4 is 19.6 Å². The first kappa shape index (κ1) is 24.0. The number of aromatic nitrogens is 1. The average Bonchev–Trinajstić information content (AvgIpc) is 3.13. The molecule has 1 atom stereocenters. The van der Waals surface area contributed by atoms with Crippen LogP contribution in [0.3, 0.4) is 0 Å². The molecule has 3 aromatic rings. The number of thioether (sulfide) groups is 1. The van der Waals surface area contributed by atoms with Gasteiger partial charge in [0.15, 0.2) is 4.80 Å². The van der Waals surface area contributed by atoms with Gasteiger partial charge in [0, 0.05) is 4.90 Å². The Bertz CT molecular complexity index is 1450. The topological polar surface area (TPSA) is 69.9 Å². The highest BCUT2D eigenvalue weighted by atomic mass is 32.2. The van der Waals surface area contributed by atoms with Crippen molar-refractivity contribution in [3.05, 3.63) is 90.1 Å². The Morgan fingerprint density at radius 3 is 2.59 bits per heavy atom. The van der Waals surface area contributed by atoms with Crippen molar-refractivity contribution < 1.29 is 14.3 Å². The minimum absolute atomic E-state index is 0.198. The largest absolute Gasteiger partial charge is 0.496 e. The summed E-state index contributed by atoms with van der Waals surface area (Å²) in [5.74, 6) is 0.300. The summed E-state index contributed by atoms with van der Waals surface area (Å²) in [7, 11) is 1.63. The van der Waals surface area contributed by atoms with Gasteiger partial charge in [-0.3, -0.25) is 9.36 Å². The standard InChI is InChI=1S/C26H26N2O4S2/c1-6-32-25(30)22-16(3)27-26-28(23(22)18-9-11-19(33-5)12-10-18)24(29)21(34-26)14-17-8-7-15(2)20(13-17)31-4/h7-14,23H,6H2,1-5H3/t23-/m0/s1. The predicted octanol–water partition coefficient (Wildman–Crippen LogP) is 3.84. The SMILES string of the molecule is CCOC(=O)C1=C(C)N=c2sc(=Cc3ccc(C)c(OC)c3)c(=O)n2[C@H]1c1ccc(SC)cc1. The van der Waals surface area contributed by atoms with E-state index in [-0.39, 0.29) is 12.2 Å². The zero-order valence-corrected chi connectivity index (χ0v) is 21.4. The van der Waals surface area contributed by atoms with Crippen molar-refractivity contribution in [2.45, 2.75) is 31.7 Å². The van der Waals surface area contributed by atoms with Gasteiger partial charge in [0.2, 0.25) is 0 Å². The molecule has 0 saturated carbocycles. The fourth-order valence-corrected chi connectivity index (χ4v) is 5.43. The van der Waals surface area contributed by atoms with E-state index in [1.807, 2.05) is 61.7 Å². The van der Waals surface area contributed by atoms with Gasteiger partial charge >= 0.3 is 5.97 Å². The van der Waals surface area contributed by atoms with Crippen molar-refractivity contribution in [3.63, 3.8) is 0 Å². The van der Waals surface area contributed by atoms with Crippen LogP contribution in [0.15, 0.2) is 68.4 Å². The maximum absolute atomic E-state index is 13.7. The first-order valence-electron chi connectivity index (χ1n) is 10.9. The van der Waals surface area contributed by atoms with Gasteiger partial charge in [0.25, 0.3) is 5.56 Å². The first-order chi connectivity index (χ1) is 16.4. The number of carbonyl (C=O) groups is 1. The van der Waals surface area contributed by atoms with E-state index < -0.39 is 12.0 Å². The number of hydrogen-bond donors (Lipinski definition) is 0. The number of carbonyl (C=O) groups excluding carboxylic acids is 1. The molecule has 176 valence electrons. The van der Waals surface area contributed by atoms with E-state index in [4.69, 9.17) is 9.47 Å². The minimum atomic E-state index is -0.610. The summed E-state index contributed by atoms with van der Waals surface area (Å²) in [6, 6.07) is 13.1. The van der Waals surface area contributed by atoms with E-state index in [1.54, 1.807) is 37.3 Å². The van der Waals surface area contributed by atoms with Crippen molar-refractivity contribution in [3.8, 4) is 5.75 Å². The summed E-state index contributed by atoms with van der Waals surface area (Å²) < 4.78 is 12.9. The zero-order valence-electron chi connectivity index (χ0n) is 19.7. The summed E-state index contributed by atoms with van der Waals surface area (Å²) in [5, 5.41) is 0. The fraction of sp³-hybridized carbons (Fsp3) is 0.269. The lowest BCUT2D eigenvalue weighted by atomic mass is 9.96. The summed E-state index contributed by atoms with van der Waals surface area (Å²) in [6.07, 6.45) is 3.84. The summed E-state index contributed by atoms with van der Waals surface area (Å²) in [5.41, 5.74) is 3.45. The summed E-state index contributed by atoms with van der Waals surface area (Å²) >= 11 is 2.94. The summed E-state index contributed by atoms with van der Waals surface area (Å²) in [6.45, 7) is 5.77. The Morgan fingerprint density at radius 1 is 1.21 bits per heavy atom. The number of hydrogen-bond acceptors (Lipinski definition) is 7. The van der Waals surface area contributed by atoms with E-state index >= 15 is 0 Å². The lowest BCUT2D eigenvalue weighted by Crippen LogP contribution is -2.39. The molecule has 0 fully saturated rings. The van der Waals surface area contributed by atoms with Crippen molar-refractivity contribution >= 4 is 35.1 Å². The molecule has 0 aliphatic carbocycles. The number of aryl methyl sites for hydroxylation is 1. The van der Waals surface area contributed by atoms with Gasteiger partial charge in [-0.25, -0.2) is 9.79 Å². The number of ether oxygens (including phenoxy) is 2. The third-order valence-corrected chi connectivity index (χ3v) is 7.40. The Balaban J connectivity index is 1.93. The van der Waals surface area contributed by atoms with Crippen molar-refractivity contribution in [1.82, 2.24) is 4.57 Å². The average molecular weight is 495 g/mol. The van der Waals surface area contributed by atoms with Gasteiger partial charge < -0.3 is 9.47 Å². The lowest BCUT2D eigenvalue weighted by molar-refractivity contribution is -0.139. The van der Waals surface area contributed by atoms with Gasteiger partial charge in [-0.15, -0.1) is 11.8 Å². The molecule has 2 heterocycles. The molecule has 0 radical (unpaired) electrons. The molecule has 1 aromatic heterocycles. The van der Waals surface area contributed by atoms with E-state index in [0.717, 1.165) is 27.3 Å². The van der Waals surface area contributed by atoms with Crippen LogP contribution >= 0.6 is 23.1 Å². The minimum Gasteiger partial charge on any atom is -0.496 e. The number of allylic oxidation sites excluding steroid dienone is 1. The van der Waals surface area contributed by atoms with Crippen LogP contribution in [-0.4, -0.2) is 30.5 Å². The Labute approximate surface area is 206 Å². The molecule has 6 nitrogen and oxygen atoms in total. The van der Waals surface area contributed by atoms with Crippen LogP contribution in [0.1, 0.15) is 36.6 Å². The van der Waals surface area contributed by atoms with E-state index in [9.17, 15) is 9.59 Å². The molecule has 0 amide bonds. The fourth-order valence-electron chi connectivity index (χ4n) is 3.97. The highest BCUT2D eigenvalue weighted by Crippen LogP contribution is 2.31. The number of thiazole rings is 1. The number of esters is 1. The van der Waals surface area contributed by atoms with Crippen molar-refractivity contribution in [2.75, 3.05) is 20.0 Å². The van der Waals surface area contributed by atoms with Crippen LogP contribution in [0.25, 0.3) is 6.08 Å². The molecule has 0 spiro atoms. The first-order valence-corrected chi connectivity index (χ1v) is 12.9. The Morgan fingerprint density at radius 2 is 1.94 bits per heavy atom. The van der Waals surface area contributed by atoms with Crippen LogP contribution in [0.4, 0.5) is 0 Å². The van der Waals surface area contributed by atoms with Gasteiger partial charge in [0.1, 0.15) is 5.75 Å². The van der Waals surface area contributed by atoms with Crippen LogP contribution in [-0.2, 0) is 9.53 Å².